The number of hydrogen-bond donors (Lipinski definition) is 0. The maximum Gasteiger partial charge on any atom is 0.302 e. The van der Waals surface area contributed by atoms with Crippen molar-refractivity contribution < 1.29 is 9.53 Å². The van der Waals surface area contributed by atoms with Gasteiger partial charge in [-0.25, -0.2) is 0 Å². The molecule has 3 aliphatic carbocycles. The van der Waals surface area contributed by atoms with E-state index >= 15 is 0 Å². The lowest BCUT2D eigenvalue weighted by Gasteiger charge is -2.55. The van der Waals surface area contributed by atoms with Gasteiger partial charge in [0.15, 0.2) is 0 Å². The highest BCUT2D eigenvalue weighted by Gasteiger charge is 2.49. The van der Waals surface area contributed by atoms with Crippen LogP contribution in [0.1, 0.15) is 33.6 Å². The van der Waals surface area contributed by atoms with Crippen LogP contribution in [0.3, 0.4) is 0 Å². The average Bonchev–Trinajstić information content (AvgIpc) is 2.15. The van der Waals surface area contributed by atoms with Gasteiger partial charge in [-0.3, -0.25) is 4.79 Å². The number of hydrogen-bond acceptors (Lipinski definition) is 2. The fourth-order valence-electron chi connectivity index (χ4n) is 2.66. The Hall–Kier alpha value is -0.790. The molecule has 0 saturated heterocycles. The highest BCUT2D eigenvalue weighted by atomic mass is 16.5. The summed E-state index contributed by atoms with van der Waals surface area (Å²) < 4.78 is 5.01. The molecule has 78 valence electrons. The molecule has 2 bridgehead atoms. The molecule has 0 unspecified atom stereocenters. The second-order valence-electron chi connectivity index (χ2n) is 5.17. The third-order valence-corrected chi connectivity index (χ3v) is 3.95. The predicted octanol–water partition coefficient (Wildman–Crippen LogP) is 2.54. The van der Waals surface area contributed by atoms with Crippen LogP contribution in [0.25, 0.3) is 0 Å². The summed E-state index contributed by atoms with van der Waals surface area (Å²) >= 11 is 0. The fourth-order valence-corrected chi connectivity index (χ4v) is 2.66. The molecule has 0 aliphatic heterocycles. The summed E-state index contributed by atoms with van der Waals surface area (Å²) in [4.78, 5) is 10.7. The number of carbonyl (C=O) groups excluding carboxylic acids is 1. The molecule has 2 nitrogen and oxygen atoms in total. The lowest BCUT2D eigenvalue weighted by Crippen LogP contribution is -2.47. The van der Waals surface area contributed by atoms with E-state index in [1.54, 1.807) is 0 Å². The molecule has 0 N–H and O–H groups in total. The van der Waals surface area contributed by atoms with Gasteiger partial charge in [0.05, 0.1) is 0 Å². The summed E-state index contributed by atoms with van der Waals surface area (Å²) in [6.07, 6.45) is 4.77. The van der Waals surface area contributed by atoms with Gasteiger partial charge in [-0.15, -0.1) is 0 Å². The van der Waals surface area contributed by atoms with E-state index in [0.717, 1.165) is 12.3 Å². The van der Waals surface area contributed by atoms with Gasteiger partial charge in [0, 0.05) is 6.92 Å². The SMILES string of the molecule is CC(=O)OCC1=C[C@H]2C[C@@H](C1)C2(C)C. The third kappa shape index (κ3) is 1.47. The molecule has 0 radical (unpaired) electrons. The lowest BCUT2D eigenvalue weighted by atomic mass is 9.50. The summed E-state index contributed by atoms with van der Waals surface area (Å²) in [5.41, 5.74) is 1.81. The first-order valence-electron chi connectivity index (χ1n) is 5.33. The Balaban J connectivity index is 1.95. The number of esters is 1. The van der Waals surface area contributed by atoms with Crippen LogP contribution in [0.4, 0.5) is 0 Å². The molecule has 0 aromatic carbocycles. The first-order chi connectivity index (χ1) is 6.50. The van der Waals surface area contributed by atoms with Gasteiger partial charge in [0.2, 0.25) is 0 Å². The molecule has 1 fully saturated rings. The van der Waals surface area contributed by atoms with Crippen LogP contribution in [-0.2, 0) is 9.53 Å². The van der Waals surface area contributed by atoms with Crippen molar-refractivity contribution in [2.45, 2.75) is 33.6 Å². The van der Waals surface area contributed by atoms with E-state index in [4.69, 9.17) is 4.74 Å². The third-order valence-electron chi connectivity index (χ3n) is 3.95. The van der Waals surface area contributed by atoms with Crippen LogP contribution < -0.4 is 0 Å². The van der Waals surface area contributed by atoms with E-state index in [0.29, 0.717) is 17.9 Å². The lowest BCUT2D eigenvalue weighted by molar-refractivity contribution is -0.140. The average molecular weight is 194 g/mol. The van der Waals surface area contributed by atoms with Crippen molar-refractivity contribution in [3.05, 3.63) is 11.6 Å². The zero-order valence-electron chi connectivity index (χ0n) is 9.17. The van der Waals surface area contributed by atoms with Crippen molar-refractivity contribution in [3.8, 4) is 0 Å². The van der Waals surface area contributed by atoms with Crippen LogP contribution in [-0.4, -0.2) is 12.6 Å². The van der Waals surface area contributed by atoms with Crippen LogP contribution in [0.5, 0.6) is 0 Å². The maximum absolute atomic E-state index is 10.7. The number of carbonyl (C=O) groups is 1. The van der Waals surface area contributed by atoms with E-state index in [1.807, 2.05) is 0 Å². The standard InChI is InChI=1S/C12H18O2/c1-8(13)14-7-9-4-10-6-11(5-9)12(10,2)3/h4,10-11H,5-7H2,1-3H3/t10-,11+/m0/s1. The van der Waals surface area contributed by atoms with E-state index in [1.165, 1.54) is 18.9 Å². The molecule has 14 heavy (non-hydrogen) atoms. The Morgan fingerprint density at radius 1 is 1.64 bits per heavy atom. The topological polar surface area (TPSA) is 26.3 Å². The summed E-state index contributed by atoms with van der Waals surface area (Å²) in [6, 6.07) is 0. The minimum Gasteiger partial charge on any atom is -0.461 e. The zero-order valence-corrected chi connectivity index (χ0v) is 9.17. The van der Waals surface area contributed by atoms with E-state index in [2.05, 4.69) is 19.9 Å². The fraction of sp³-hybridized carbons (Fsp3) is 0.750. The van der Waals surface area contributed by atoms with Crippen molar-refractivity contribution in [1.29, 1.82) is 0 Å². The molecule has 0 amide bonds. The van der Waals surface area contributed by atoms with Crippen LogP contribution in [0.2, 0.25) is 0 Å². The van der Waals surface area contributed by atoms with Crippen LogP contribution in [0, 0.1) is 17.3 Å². The molecule has 0 aromatic heterocycles. The quantitative estimate of drug-likeness (QED) is 0.499. The molecular weight excluding hydrogens is 176 g/mol. The van der Waals surface area contributed by atoms with E-state index in [-0.39, 0.29) is 5.97 Å². The second kappa shape index (κ2) is 3.11. The Kier molecular flexibility index (Phi) is 2.17. The largest absolute Gasteiger partial charge is 0.461 e. The predicted molar refractivity (Wildman–Crippen MR) is 54.7 cm³/mol. The number of allylic oxidation sites excluding steroid dienone is 1. The first kappa shape index (κ1) is 9.75. The molecule has 0 heterocycles. The zero-order chi connectivity index (χ0) is 10.3. The van der Waals surface area contributed by atoms with Gasteiger partial charge < -0.3 is 4.74 Å². The number of ether oxygens (including phenoxy) is 1. The monoisotopic (exact) mass is 194 g/mol. The first-order valence-corrected chi connectivity index (χ1v) is 5.33. The molecule has 0 spiro atoms. The Bertz CT molecular complexity index is 289. The van der Waals surface area contributed by atoms with Gasteiger partial charge in [-0.2, -0.15) is 0 Å². The Labute approximate surface area is 85.3 Å². The van der Waals surface area contributed by atoms with Gasteiger partial charge in [0.1, 0.15) is 6.61 Å². The molecule has 1 saturated carbocycles. The summed E-state index contributed by atoms with van der Waals surface area (Å²) in [5, 5.41) is 0. The van der Waals surface area contributed by atoms with E-state index < -0.39 is 0 Å². The van der Waals surface area contributed by atoms with Crippen molar-refractivity contribution in [2.75, 3.05) is 6.61 Å². The molecule has 3 aliphatic rings. The second-order valence-corrected chi connectivity index (χ2v) is 5.17. The van der Waals surface area contributed by atoms with Crippen LogP contribution >= 0.6 is 0 Å². The number of rotatable bonds is 2. The van der Waals surface area contributed by atoms with Gasteiger partial charge in [-0.1, -0.05) is 19.9 Å². The van der Waals surface area contributed by atoms with E-state index in [9.17, 15) is 4.79 Å². The summed E-state index contributed by atoms with van der Waals surface area (Å²) in [6.45, 7) is 6.66. The normalized spacial score (nSPS) is 32.9. The molecule has 2 atom stereocenters. The summed E-state index contributed by atoms with van der Waals surface area (Å²) in [7, 11) is 0. The van der Waals surface area contributed by atoms with Crippen molar-refractivity contribution in [1.82, 2.24) is 0 Å². The maximum atomic E-state index is 10.7. The van der Waals surface area contributed by atoms with Crippen molar-refractivity contribution >= 4 is 5.97 Å². The van der Waals surface area contributed by atoms with Crippen molar-refractivity contribution in [3.63, 3.8) is 0 Å². The van der Waals surface area contributed by atoms with Gasteiger partial charge >= 0.3 is 5.97 Å². The highest BCUT2D eigenvalue weighted by Crippen LogP contribution is 2.57. The molecule has 2 heteroatoms. The smallest absolute Gasteiger partial charge is 0.302 e. The Morgan fingerprint density at radius 2 is 2.36 bits per heavy atom. The Morgan fingerprint density at radius 3 is 2.79 bits per heavy atom. The van der Waals surface area contributed by atoms with Gasteiger partial charge in [-0.05, 0) is 35.7 Å². The minimum absolute atomic E-state index is 0.176. The summed E-state index contributed by atoms with van der Waals surface area (Å²) in [5.74, 6) is 1.35. The van der Waals surface area contributed by atoms with Gasteiger partial charge in [0.25, 0.3) is 0 Å². The minimum atomic E-state index is -0.176. The molecule has 0 aromatic rings. The van der Waals surface area contributed by atoms with Crippen LogP contribution in [0.15, 0.2) is 11.6 Å². The molecule has 3 rings (SSSR count). The highest BCUT2D eigenvalue weighted by molar-refractivity contribution is 5.66. The van der Waals surface area contributed by atoms with Crippen molar-refractivity contribution in [2.24, 2.45) is 17.3 Å². The molecular formula is C12H18O2. The number of fused-ring (bicyclic) bond motifs is 1.